The van der Waals surface area contributed by atoms with E-state index in [1.165, 1.54) is 94.8 Å². The first-order valence-corrected chi connectivity index (χ1v) is 11.4. The third kappa shape index (κ3) is 5.86. The van der Waals surface area contributed by atoms with Crippen LogP contribution in [0.3, 0.4) is 0 Å². The molecule has 0 unspecified atom stereocenters. The second-order valence-corrected chi connectivity index (χ2v) is 9.54. The van der Waals surface area contributed by atoms with Gasteiger partial charge in [0.25, 0.3) is 0 Å². The van der Waals surface area contributed by atoms with Gasteiger partial charge in [-0.1, -0.05) is 89.9 Å². The maximum Gasteiger partial charge on any atom is 0.137 e. The Hall–Kier alpha value is -0.370. The molecule has 0 bridgehead atoms. The van der Waals surface area contributed by atoms with E-state index in [9.17, 15) is 4.39 Å². The van der Waals surface area contributed by atoms with Gasteiger partial charge in [0.15, 0.2) is 0 Å². The molecule has 0 atom stereocenters. The first kappa shape index (κ1) is 18.4. The maximum absolute atomic E-state index is 14.5. The predicted molar refractivity (Wildman–Crippen MR) is 103 cm³/mol. The normalized spacial score (nSPS) is 22.5. The van der Waals surface area contributed by atoms with Crippen molar-refractivity contribution in [3.8, 4) is 0 Å². The number of rotatable bonds is 4. The number of thiophene rings is 1. The van der Waals surface area contributed by atoms with Crippen LogP contribution in [-0.2, 0) is 12.8 Å². The summed E-state index contributed by atoms with van der Waals surface area (Å²) in [6.07, 6.45) is 21.4. The van der Waals surface area contributed by atoms with Crippen LogP contribution in [0.1, 0.15) is 99.6 Å². The quantitative estimate of drug-likeness (QED) is 0.522. The van der Waals surface area contributed by atoms with Crippen LogP contribution >= 0.6 is 11.3 Å². The predicted octanol–water partition coefficient (Wildman–Crippen LogP) is 7.69. The van der Waals surface area contributed by atoms with Crippen molar-refractivity contribution in [2.45, 2.75) is 103 Å². The van der Waals surface area contributed by atoms with Crippen LogP contribution in [0.4, 0.5) is 4.39 Å². The van der Waals surface area contributed by atoms with Crippen LogP contribution < -0.4 is 0 Å². The van der Waals surface area contributed by atoms with Gasteiger partial charge in [-0.2, -0.15) is 0 Å². The van der Waals surface area contributed by atoms with Crippen LogP contribution in [-0.4, -0.2) is 0 Å². The van der Waals surface area contributed by atoms with Crippen LogP contribution in [0.25, 0.3) is 0 Å². The van der Waals surface area contributed by atoms with Gasteiger partial charge in [0.1, 0.15) is 5.82 Å². The van der Waals surface area contributed by atoms with E-state index in [-0.39, 0.29) is 5.82 Å². The molecule has 24 heavy (non-hydrogen) atoms. The zero-order valence-electron chi connectivity index (χ0n) is 15.3. The van der Waals surface area contributed by atoms with E-state index in [0.717, 1.165) is 29.6 Å². The van der Waals surface area contributed by atoms with Crippen molar-refractivity contribution in [1.82, 2.24) is 0 Å². The summed E-state index contributed by atoms with van der Waals surface area (Å²) in [5.74, 6) is 1.63. The SMILES string of the molecule is Fc1cc(CC2CCCCCCC2)sc1CC1CCCCCCC1. The molecule has 0 radical (unpaired) electrons. The molecule has 0 amide bonds. The first-order valence-electron chi connectivity index (χ1n) is 10.6. The lowest BCUT2D eigenvalue weighted by atomic mass is 9.88. The molecule has 0 saturated heterocycles. The lowest BCUT2D eigenvalue weighted by Gasteiger charge is -2.19. The summed E-state index contributed by atoms with van der Waals surface area (Å²) >= 11 is 1.80. The molecule has 0 nitrogen and oxygen atoms in total. The van der Waals surface area contributed by atoms with Gasteiger partial charge in [0, 0.05) is 9.75 Å². The van der Waals surface area contributed by atoms with Crippen molar-refractivity contribution in [2.75, 3.05) is 0 Å². The molecular weight excluding hydrogens is 315 g/mol. The van der Waals surface area contributed by atoms with Crippen LogP contribution in [0.5, 0.6) is 0 Å². The molecule has 2 aliphatic carbocycles. The van der Waals surface area contributed by atoms with E-state index in [4.69, 9.17) is 0 Å². The number of hydrogen-bond acceptors (Lipinski definition) is 1. The van der Waals surface area contributed by atoms with Gasteiger partial charge in [-0.15, -0.1) is 11.3 Å². The largest absolute Gasteiger partial charge is 0.206 e. The summed E-state index contributed by atoms with van der Waals surface area (Å²) < 4.78 is 14.5. The fourth-order valence-corrected chi connectivity index (χ4v) is 6.01. The van der Waals surface area contributed by atoms with E-state index in [1.54, 1.807) is 11.3 Å². The van der Waals surface area contributed by atoms with Gasteiger partial charge in [-0.05, 0) is 30.7 Å². The second kappa shape index (κ2) is 9.94. The summed E-state index contributed by atoms with van der Waals surface area (Å²) in [6, 6.07) is 1.88. The molecule has 0 aromatic carbocycles. The average molecular weight is 351 g/mol. The van der Waals surface area contributed by atoms with Gasteiger partial charge >= 0.3 is 0 Å². The first-order chi connectivity index (χ1) is 11.8. The van der Waals surface area contributed by atoms with E-state index in [0.29, 0.717) is 0 Å². The standard InChI is InChI=1S/C22H35FS/c23-21-17-20(15-18-11-7-3-1-4-8-12-18)24-22(21)16-19-13-9-5-2-6-10-14-19/h17-19H,1-16H2. The zero-order chi connectivity index (χ0) is 16.6. The van der Waals surface area contributed by atoms with Crippen molar-refractivity contribution in [2.24, 2.45) is 11.8 Å². The topological polar surface area (TPSA) is 0 Å². The molecule has 2 fully saturated rings. The highest BCUT2D eigenvalue weighted by Gasteiger charge is 2.19. The van der Waals surface area contributed by atoms with Crippen LogP contribution in [0.15, 0.2) is 6.07 Å². The summed E-state index contributed by atoms with van der Waals surface area (Å²) in [6.45, 7) is 0. The Bertz CT molecular complexity index is 462. The lowest BCUT2D eigenvalue weighted by molar-refractivity contribution is 0.375. The molecule has 0 spiro atoms. The van der Waals surface area contributed by atoms with Crippen LogP contribution in [0, 0.1) is 17.7 Å². The zero-order valence-corrected chi connectivity index (χ0v) is 16.1. The Balaban J connectivity index is 1.55. The maximum atomic E-state index is 14.5. The molecule has 2 aliphatic rings. The summed E-state index contributed by atoms with van der Waals surface area (Å²) in [4.78, 5) is 2.38. The molecule has 0 N–H and O–H groups in total. The minimum Gasteiger partial charge on any atom is -0.206 e. The molecule has 1 aromatic rings. The Morgan fingerprint density at radius 3 is 1.71 bits per heavy atom. The Morgan fingerprint density at radius 1 is 0.708 bits per heavy atom. The molecular formula is C22H35FS. The fourth-order valence-electron chi connectivity index (χ4n) is 4.73. The van der Waals surface area contributed by atoms with Crippen molar-refractivity contribution in [3.63, 3.8) is 0 Å². The van der Waals surface area contributed by atoms with Gasteiger partial charge < -0.3 is 0 Å². The van der Waals surface area contributed by atoms with Crippen LogP contribution in [0.2, 0.25) is 0 Å². The van der Waals surface area contributed by atoms with Gasteiger partial charge in [-0.3, -0.25) is 0 Å². The summed E-state index contributed by atoms with van der Waals surface area (Å²) in [5.41, 5.74) is 0. The molecule has 1 heterocycles. The van der Waals surface area contributed by atoms with Crippen molar-refractivity contribution in [1.29, 1.82) is 0 Å². The fraction of sp³-hybridized carbons (Fsp3) is 0.818. The van der Waals surface area contributed by atoms with E-state index >= 15 is 0 Å². The summed E-state index contributed by atoms with van der Waals surface area (Å²) in [5, 5.41) is 0. The smallest absolute Gasteiger partial charge is 0.137 e. The van der Waals surface area contributed by atoms with E-state index in [2.05, 4.69) is 0 Å². The number of hydrogen-bond donors (Lipinski definition) is 0. The molecule has 1 aromatic heterocycles. The van der Waals surface area contributed by atoms with Crippen molar-refractivity contribution < 1.29 is 4.39 Å². The van der Waals surface area contributed by atoms with E-state index in [1.807, 2.05) is 6.07 Å². The van der Waals surface area contributed by atoms with Crippen molar-refractivity contribution >= 4 is 11.3 Å². The highest BCUT2D eigenvalue weighted by atomic mass is 32.1. The highest BCUT2D eigenvalue weighted by Crippen LogP contribution is 2.33. The monoisotopic (exact) mass is 350 g/mol. The van der Waals surface area contributed by atoms with Gasteiger partial charge in [0.05, 0.1) is 0 Å². The lowest BCUT2D eigenvalue weighted by Crippen LogP contribution is -2.07. The second-order valence-electron chi connectivity index (χ2n) is 8.31. The van der Waals surface area contributed by atoms with E-state index < -0.39 is 0 Å². The summed E-state index contributed by atoms with van der Waals surface area (Å²) in [7, 11) is 0. The minimum atomic E-state index is 0.0999. The number of halogens is 1. The molecule has 0 aliphatic heterocycles. The highest BCUT2D eigenvalue weighted by molar-refractivity contribution is 7.12. The van der Waals surface area contributed by atoms with Crippen molar-refractivity contribution in [3.05, 3.63) is 21.6 Å². The Labute approximate surface area is 152 Å². The molecule has 136 valence electrons. The minimum absolute atomic E-state index is 0.0999. The average Bonchev–Trinajstić information content (AvgIpc) is 2.84. The Kier molecular flexibility index (Phi) is 7.63. The van der Waals surface area contributed by atoms with Gasteiger partial charge in [-0.25, -0.2) is 4.39 Å². The molecule has 2 heteroatoms. The molecule has 2 saturated carbocycles. The third-order valence-electron chi connectivity index (χ3n) is 6.22. The van der Waals surface area contributed by atoms with Gasteiger partial charge in [0.2, 0.25) is 0 Å². The molecule has 3 rings (SSSR count). The third-order valence-corrected chi connectivity index (χ3v) is 7.38. The Morgan fingerprint density at radius 2 is 1.17 bits per heavy atom.